The molecule has 90 valence electrons. The topological polar surface area (TPSA) is 54.9 Å². The maximum Gasteiger partial charge on any atom is 0.170 e. The molecule has 0 amide bonds. The maximum atomic E-state index is 10.5. The van der Waals surface area contributed by atoms with Crippen molar-refractivity contribution in [1.29, 1.82) is 0 Å². The fraction of sp³-hybridized carbons (Fsp3) is 0.214. The Morgan fingerprint density at radius 1 is 1.11 bits per heavy atom. The molecule has 0 spiro atoms. The first kappa shape index (κ1) is 10.9. The van der Waals surface area contributed by atoms with Crippen molar-refractivity contribution in [3.8, 4) is 0 Å². The molecule has 0 bridgehead atoms. The van der Waals surface area contributed by atoms with Gasteiger partial charge in [0.1, 0.15) is 11.5 Å². The summed E-state index contributed by atoms with van der Waals surface area (Å²) < 4.78 is 0. The van der Waals surface area contributed by atoms with Gasteiger partial charge in [-0.15, -0.1) is 0 Å². The molecule has 3 rings (SSSR count). The summed E-state index contributed by atoms with van der Waals surface area (Å²) in [5, 5.41) is 3.35. The molecule has 18 heavy (non-hydrogen) atoms. The summed E-state index contributed by atoms with van der Waals surface area (Å²) in [4.78, 5) is 18.7. The third-order valence-corrected chi connectivity index (χ3v) is 3.20. The van der Waals surface area contributed by atoms with E-state index in [1.807, 2.05) is 0 Å². The van der Waals surface area contributed by atoms with Crippen molar-refractivity contribution in [1.82, 2.24) is 9.97 Å². The summed E-state index contributed by atoms with van der Waals surface area (Å²) in [5.74, 6) is 0.721. The second kappa shape index (κ2) is 4.56. The zero-order chi connectivity index (χ0) is 12.4. The second-order valence-electron chi connectivity index (χ2n) is 4.46. The van der Waals surface area contributed by atoms with E-state index >= 15 is 0 Å². The van der Waals surface area contributed by atoms with Crippen molar-refractivity contribution in [2.75, 3.05) is 5.32 Å². The first-order valence-corrected chi connectivity index (χ1v) is 5.95. The quantitative estimate of drug-likeness (QED) is 0.831. The van der Waals surface area contributed by atoms with Crippen LogP contribution in [0.3, 0.4) is 0 Å². The van der Waals surface area contributed by atoms with Crippen molar-refractivity contribution in [2.45, 2.75) is 18.9 Å². The molecule has 0 radical (unpaired) electrons. The third kappa shape index (κ3) is 2.09. The molecule has 0 atom stereocenters. The molecule has 4 heteroatoms. The lowest BCUT2D eigenvalue weighted by molar-refractivity contribution is 0.111. The summed E-state index contributed by atoms with van der Waals surface area (Å²) in [6.45, 7) is 0. The number of fused-ring (bicyclic) bond motifs is 1. The molecule has 0 saturated heterocycles. The molecule has 0 aliphatic heterocycles. The van der Waals surface area contributed by atoms with E-state index < -0.39 is 0 Å². The standard InChI is InChI=1S/C14H13N3O/c18-9-13-7-16-14(8-15-13)17-12-5-10-3-1-2-4-11(10)6-12/h1-4,7-9,12H,5-6H2,(H,16,17). The lowest BCUT2D eigenvalue weighted by atomic mass is 10.1. The van der Waals surface area contributed by atoms with Crippen LogP contribution < -0.4 is 5.32 Å². The minimum absolute atomic E-state index is 0.357. The van der Waals surface area contributed by atoms with E-state index in [-0.39, 0.29) is 0 Å². The monoisotopic (exact) mass is 239 g/mol. The van der Waals surface area contributed by atoms with Gasteiger partial charge in [-0.05, 0) is 24.0 Å². The average molecular weight is 239 g/mol. The van der Waals surface area contributed by atoms with Crippen LogP contribution in [0.25, 0.3) is 0 Å². The Balaban J connectivity index is 1.70. The van der Waals surface area contributed by atoms with E-state index in [0.29, 0.717) is 18.0 Å². The number of rotatable bonds is 3. The number of aldehydes is 1. The number of benzene rings is 1. The highest BCUT2D eigenvalue weighted by molar-refractivity contribution is 5.71. The van der Waals surface area contributed by atoms with Gasteiger partial charge in [-0.1, -0.05) is 24.3 Å². The molecule has 0 unspecified atom stereocenters. The molecular formula is C14H13N3O. The van der Waals surface area contributed by atoms with E-state index in [2.05, 4.69) is 39.6 Å². The minimum atomic E-state index is 0.357. The van der Waals surface area contributed by atoms with Gasteiger partial charge in [0.25, 0.3) is 0 Å². The SMILES string of the molecule is O=Cc1cnc(NC2Cc3ccccc3C2)cn1. The van der Waals surface area contributed by atoms with Crippen molar-refractivity contribution < 1.29 is 4.79 Å². The fourth-order valence-electron chi connectivity index (χ4n) is 2.34. The number of nitrogens with zero attached hydrogens (tertiary/aromatic N) is 2. The number of anilines is 1. The van der Waals surface area contributed by atoms with Crippen LogP contribution in [0.5, 0.6) is 0 Å². The normalized spacial score (nSPS) is 14.2. The molecule has 0 fully saturated rings. The van der Waals surface area contributed by atoms with Crippen LogP contribution >= 0.6 is 0 Å². The van der Waals surface area contributed by atoms with Gasteiger partial charge in [0.2, 0.25) is 0 Å². The highest BCUT2D eigenvalue weighted by Gasteiger charge is 2.20. The summed E-state index contributed by atoms with van der Waals surface area (Å²) in [5.41, 5.74) is 3.15. The molecular weight excluding hydrogens is 226 g/mol. The van der Waals surface area contributed by atoms with Crippen LogP contribution in [-0.4, -0.2) is 22.3 Å². The first-order valence-electron chi connectivity index (χ1n) is 5.95. The summed E-state index contributed by atoms with van der Waals surface area (Å²) >= 11 is 0. The van der Waals surface area contributed by atoms with Crippen molar-refractivity contribution in [3.05, 3.63) is 53.5 Å². The van der Waals surface area contributed by atoms with Gasteiger partial charge in [-0.2, -0.15) is 0 Å². The van der Waals surface area contributed by atoms with Crippen LogP contribution in [0, 0.1) is 0 Å². The van der Waals surface area contributed by atoms with Crippen LogP contribution in [0.4, 0.5) is 5.82 Å². The molecule has 4 nitrogen and oxygen atoms in total. The largest absolute Gasteiger partial charge is 0.365 e. The van der Waals surface area contributed by atoms with Crippen LogP contribution in [0.15, 0.2) is 36.7 Å². The van der Waals surface area contributed by atoms with E-state index in [9.17, 15) is 4.79 Å². The molecule has 1 aromatic heterocycles. The maximum absolute atomic E-state index is 10.5. The van der Waals surface area contributed by atoms with E-state index in [1.165, 1.54) is 17.3 Å². The van der Waals surface area contributed by atoms with Gasteiger partial charge in [0.15, 0.2) is 6.29 Å². The Morgan fingerprint density at radius 2 is 1.83 bits per heavy atom. The molecule has 0 saturated carbocycles. The summed E-state index contributed by atoms with van der Waals surface area (Å²) in [7, 11) is 0. The zero-order valence-electron chi connectivity index (χ0n) is 9.84. The number of nitrogens with one attached hydrogen (secondary N) is 1. The lowest BCUT2D eigenvalue weighted by Crippen LogP contribution is -2.20. The fourth-order valence-corrected chi connectivity index (χ4v) is 2.34. The Hall–Kier alpha value is -2.23. The highest BCUT2D eigenvalue weighted by atomic mass is 16.1. The van der Waals surface area contributed by atoms with E-state index in [4.69, 9.17) is 0 Å². The first-order chi connectivity index (χ1) is 8.85. The average Bonchev–Trinajstić information content (AvgIpc) is 2.82. The Bertz CT molecular complexity index is 541. The van der Waals surface area contributed by atoms with Gasteiger partial charge >= 0.3 is 0 Å². The molecule has 1 aliphatic carbocycles. The van der Waals surface area contributed by atoms with Crippen molar-refractivity contribution >= 4 is 12.1 Å². The molecule has 1 N–H and O–H groups in total. The van der Waals surface area contributed by atoms with Gasteiger partial charge in [-0.25, -0.2) is 9.97 Å². The number of carbonyl (C=O) groups is 1. The van der Waals surface area contributed by atoms with E-state index in [0.717, 1.165) is 18.7 Å². The predicted molar refractivity (Wildman–Crippen MR) is 68.7 cm³/mol. The Labute approximate surface area is 105 Å². The predicted octanol–water partition coefficient (Wildman–Crippen LogP) is 1.87. The molecule has 2 aromatic rings. The summed E-state index contributed by atoms with van der Waals surface area (Å²) in [6, 6.07) is 8.83. The van der Waals surface area contributed by atoms with Gasteiger partial charge in [0, 0.05) is 6.04 Å². The Morgan fingerprint density at radius 3 is 2.39 bits per heavy atom. The van der Waals surface area contributed by atoms with Crippen LogP contribution in [0.2, 0.25) is 0 Å². The third-order valence-electron chi connectivity index (χ3n) is 3.20. The minimum Gasteiger partial charge on any atom is -0.365 e. The number of hydrogen-bond donors (Lipinski definition) is 1. The van der Waals surface area contributed by atoms with E-state index in [1.54, 1.807) is 6.20 Å². The van der Waals surface area contributed by atoms with Crippen LogP contribution in [-0.2, 0) is 12.8 Å². The number of carbonyl (C=O) groups excluding carboxylic acids is 1. The van der Waals surface area contributed by atoms with Gasteiger partial charge in [0.05, 0.1) is 12.4 Å². The zero-order valence-corrected chi connectivity index (χ0v) is 9.84. The van der Waals surface area contributed by atoms with Gasteiger partial charge < -0.3 is 5.32 Å². The second-order valence-corrected chi connectivity index (χ2v) is 4.46. The summed E-state index contributed by atoms with van der Waals surface area (Å²) in [6.07, 6.45) is 5.80. The molecule has 1 aliphatic rings. The highest BCUT2D eigenvalue weighted by Crippen LogP contribution is 2.23. The van der Waals surface area contributed by atoms with Crippen LogP contribution in [0.1, 0.15) is 21.6 Å². The number of hydrogen-bond acceptors (Lipinski definition) is 4. The smallest absolute Gasteiger partial charge is 0.170 e. The van der Waals surface area contributed by atoms with Gasteiger partial charge in [-0.3, -0.25) is 4.79 Å². The Kier molecular flexibility index (Phi) is 2.76. The van der Waals surface area contributed by atoms with Crippen molar-refractivity contribution in [3.63, 3.8) is 0 Å². The molecule has 1 aromatic carbocycles. The lowest BCUT2D eigenvalue weighted by Gasteiger charge is -2.11. The van der Waals surface area contributed by atoms with Crippen molar-refractivity contribution in [2.24, 2.45) is 0 Å². The molecule has 1 heterocycles. The number of aromatic nitrogens is 2.